The van der Waals surface area contributed by atoms with Crippen LogP contribution in [-0.4, -0.2) is 68.5 Å². The summed E-state index contributed by atoms with van der Waals surface area (Å²) in [6, 6.07) is 1.59. The molecule has 0 radical (unpaired) electrons. The lowest BCUT2D eigenvalue weighted by Crippen LogP contribution is -2.54. The highest BCUT2D eigenvalue weighted by Gasteiger charge is 2.29. The lowest BCUT2D eigenvalue weighted by atomic mass is 9.99. The fourth-order valence-corrected chi connectivity index (χ4v) is 4.70. The number of piperazine rings is 1. The summed E-state index contributed by atoms with van der Waals surface area (Å²) in [5.74, 6) is 1.39. The zero-order chi connectivity index (χ0) is 19.7. The summed E-state index contributed by atoms with van der Waals surface area (Å²) in [6.07, 6.45) is 6.24. The summed E-state index contributed by atoms with van der Waals surface area (Å²) in [5.41, 5.74) is 0.438. The van der Waals surface area contributed by atoms with Gasteiger partial charge < -0.3 is 14.7 Å². The van der Waals surface area contributed by atoms with E-state index in [4.69, 9.17) is 4.52 Å². The van der Waals surface area contributed by atoms with Crippen molar-refractivity contribution < 1.29 is 12.9 Å². The highest BCUT2D eigenvalue weighted by Crippen LogP contribution is 2.14. The van der Waals surface area contributed by atoms with Gasteiger partial charge in [0.15, 0.2) is 5.96 Å². The second-order valence-electron chi connectivity index (χ2n) is 6.98. The van der Waals surface area contributed by atoms with Gasteiger partial charge in [0.2, 0.25) is 10.0 Å². The predicted octanol–water partition coefficient (Wildman–Crippen LogP) is 1.91. The number of aromatic nitrogens is 1. The number of hydrogen-bond donors (Lipinski definition) is 1. The fourth-order valence-electron chi connectivity index (χ4n) is 3.28. The van der Waals surface area contributed by atoms with Crippen LogP contribution < -0.4 is 5.32 Å². The SMILES string of the molecule is CCCCC(CC)CNC(=NC)N1CCN(S(=O)(=O)Cc2ccon2)CC1. The third kappa shape index (κ3) is 6.49. The van der Waals surface area contributed by atoms with Crippen LogP contribution in [0, 0.1) is 5.92 Å². The van der Waals surface area contributed by atoms with Crippen LogP contribution in [0.4, 0.5) is 0 Å². The van der Waals surface area contributed by atoms with Crippen molar-refractivity contribution in [2.24, 2.45) is 10.9 Å². The Hall–Kier alpha value is -1.61. The first kappa shape index (κ1) is 21.7. The number of hydrogen-bond acceptors (Lipinski definition) is 5. The number of aliphatic imine (C=N–C) groups is 1. The van der Waals surface area contributed by atoms with Gasteiger partial charge in [-0.15, -0.1) is 0 Å². The van der Waals surface area contributed by atoms with E-state index in [2.05, 4.69) is 34.2 Å². The Morgan fingerprint density at radius 3 is 2.63 bits per heavy atom. The van der Waals surface area contributed by atoms with Crippen LogP contribution in [0.1, 0.15) is 45.2 Å². The Morgan fingerprint density at radius 1 is 1.33 bits per heavy atom. The van der Waals surface area contributed by atoms with Gasteiger partial charge in [-0.25, -0.2) is 8.42 Å². The summed E-state index contributed by atoms with van der Waals surface area (Å²) in [4.78, 5) is 6.52. The van der Waals surface area contributed by atoms with Crippen molar-refractivity contribution in [2.45, 2.75) is 45.3 Å². The number of rotatable bonds is 9. The molecule has 0 spiro atoms. The van der Waals surface area contributed by atoms with Crippen LogP contribution in [0.15, 0.2) is 21.8 Å². The van der Waals surface area contributed by atoms with Crippen LogP contribution >= 0.6 is 0 Å². The Labute approximate surface area is 163 Å². The third-order valence-corrected chi connectivity index (χ3v) is 6.87. The molecule has 1 aromatic rings. The van der Waals surface area contributed by atoms with E-state index in [0.29, 0.717) is 37.8 Å². The molecule has 0 aromatic carbocycles. The van der Waals surface area contributed by atoms with Crippen molar-refractivity contribution in [1.29, 1.82) is 0 Å². The van der Waals surface area contributed by atoms with E-state index in [1.807, 2.05) is 0 Å². The van der Waals surface area contributed by atoms with E-state index in [1.165, 1.54) is 29.8 Å². The summed E-state index contributed by atoms with van der Waals surface area (Å²) in [5, 5.41) is 7.18. The molecule has 27 heavy (non-hydrogen) atoms. The quantitative estimate of drug-likeness (QED) is 0.504. The number of nitrogens with zero attached hydrogens (tertiary/aromatic N) is 4. The molecule has 8 nitrogen and oxygen atoms in total. The molecule has 1 unspecified atom stereocenters. The Balaban J connectivity index is 1.84. The normalized spacial score (nSPS) is 17.9. The fraction of sp³-hybridized carbons (Fsp3) is 0.778. The summed E-state index contributed by atoms with van der Waals surface area (Å²) < 4.78 is 31.3. The Bertz CT molecular complexity index is 667. The molecule has 9 heteroatoms. The van der Waals surface area contributed by atoms with Gasteiger partial charge in [0, 0.05) is 45.8 Å². The minimum Gasteiger partial charge on any atom is -0.364 e. The van der Waals surface area contributed by atoms with E-state index < -0.39 is 10.0 Å². The molecule has 1 aliphatic heterocycles. The van der Waals surface area contributed by atoms with Gasteiger partial charge >= 0.3 is 0 Å². The molecule has 0 amide bonds. The minimum absolute atomic E-state index is 0.119. The van der Waals surface area contributed by atoms with Crippen LogP contribution in [0.3, 0.4) is 0 Å². The predicted molar refractivity (Wildman–Crippen MR) is 107 cm³/mol. The Morgan fingerprint density at radius 2 is 2.07 bits per heavy atom. The van der Waals surface area contributed by atoms with Gasteiger partial charge in [-0.2, -0.15) is 4.31 Å². The largest absolute Gasteiger partial charge is 0.364 e. The molecule has 1 aliphatic rings. The van der Waals surface area contributed by atoms with Gasteiger partial charge in [-0.05, 0) is 12.3 Å². The zero-order valence-electron chi connectivity index (χ0n) is 16.7. The highest BCUT2D eigenvalue weighted by atomic mass is 32.2. The molecule has 0 saturated carbocycles. The van der Waals surface area contributed by atoms with Gasteiger partial charge in [-0.1, -0.05) is 38.3 Å². The molecule has 0 aliphatic carbocycles. The van der Waals surface area contributed by atoms with Crippen molar-refractivity contribution in [3.05, 3.63) is 18.0 Å². The molecule has 1 aromatic heterocycles. The molecular formula is C18H33N5O3S. The zero-order valence-corrected chi connectivity index (χ0v) is 17.5. The van der Waals surface area contributed by atoms with E-state index in [0.717, 1.165) is 18.9 Å². The number of sulfonamides is 1. The first-order valence-electron chi connectivity index (χ1n) is 9.82. The maximum Gasteiger partial charge on any atom is 0.220 e. The van der Waals surface area contributed by atoms with Crippen LogP contribution in [0.5, 0.6) is 0 Å². The van der Waals surface area contributed by atoms with Gasteiger partial charge in [0.05, 0.1) is 5.69 Å². The van der Waals surface area contributed by atoms with Crippen molar-refractivity contribution in [1.82, 2.24) is 19.7 Å². The molecular weight excluding hydrogens is 366 g/mol. The van der Waals surface area contributed by atoms with Gasteiger partial charge in [0.1, 0.15) is 12.0 Å². The Kier molecular flexibility index (Phi) is 8.56. The average molecular weight is 400 g/mol. The number of nitrogens with one attached hydrogen (secondary N) is 1. The molecule has 0 bridgehead atoms. The van der Waals surface area contributed by atoms with Crippen molar-refractivity contribution >= 4 is 16.0 Å². The van der Waals surface area contributed by atoms with Crippen molar-refractivity contribution in [3.8, 4) is 0 Å². The molecule has 1 N–H and O–H groups in total. The molecule has 2 rings (SSSR count). The molecule has 154 valence electrons. The van der Waals surface area contributed by atoms with E-state index >= 15 is 0 Å². The second kappa shape index (κ2) is 10.7. The van der Waals surface area contributed by atoms with E-state index in [-0.39, 0.29) is 5.75 Å². The monoisotopic (exact) mass is 399 g/mol. The number of guanidine groups is 1. The molecule has 1 fully saturated rings. The summed E-state index contributed by atoms with van der Waals surface area (Å²) >= 11 is 0. The van der Waals surface area contributed by atoms with Crippen LogP contribution in [-0.2, 0) is 15.8 Å². The highest BCUT2D eigenvalue weighted by molar-refractivity contribution is 7.88. The maximum absolute atomic E-state index is 12.5. The molecule has 1 saturated heterocycles. The maximum atomic E-state index is 12.5. The smallest absolute Gasteiger partial charge is 0.220 e. The van der Waals surface area contributed by atoms with Crippen LogP contribution in [0.25, 0.3) is 0 Å². The van der Waals surface area contributed by atoms with E-state index in [9.17, 15) is 8.42 Å². The first-order valence-corrected chi connectivity index (χ1v) is 11.4. The van der Waals surface area contributed by atoms with Crippen molar-refractivity contribution in [3.63, 3.8) is 0 Å². The summed E-state index contributed by atoms with van der Waals surface area (Å²) in [6.45, 7) is 7.52. The van der Waals surface area contributed by atoms with Crippen molar-refractivity contribution in [2.75, 3.05) is 39.8 Å². The molecule has 1 atom stereocenters. The van der Waals surface area contributed by atoms with Gasteiger partial charge in [-0.3, -0.25) is 4.99 Å². The first-order chi connectivity index (χ1) is 13.0. The lowest BCUT2D eigenvalue weighted by molar-refractivity contribution is 0.258. The minimum atomic E-state index is -3.38. The van der Waals surface area contributed by atoms with E-state index in [1.54, 1.807) is 13.1 Å². The van der Waals surface area contributed by atoms with Gasteiger partial charge in [0.25, 0.3) is 0 Å². The summed E-state index contributed by atoms with van der Waals surface area (Å²) in [7, 11) is -1.60. The topological polar surface area (TPSA) is 91.0 Å². The second-order valence-corrected chi connectivity index (χ2v) is 8.95. The average Bonchev–Trinajstić information content (AvgIpc) is 3.17. The standard InChI is InChI=1S/C18H33N5O3S/c1-4-6-7-16(5-2)14-20-18(19-3)22-9-11-23(12-10-22)27(24,25)15-17-8-13-26-21-17/h8,13,16H,4-7,9-12,14-15H2,1-3H3,(H,19,20). The lowest BCUT2D eigenvalue weighted by Gasteiger charge is -2.36. The molecule has 2 heterocycles. The number of unbranched alkanes of at least 4 members (excludes halogenated alkanes) is 1. The third-order valence-electron chi connectivity index (χ3n) is 5.06. The van der Waals surface area contributed by atoms with Crippen LogP contribution in [0.2, 0.25) is 0 Å².